The molecule has 1 heterocycles. The molecule has 0 aromatic carbocycles. The average molecular weight is 261 g/mol. The summed E-state index contributed by atoms with van der Waals surface area (Å²) in [4.78, 5) is 18.9. The summed E-state index contributed by atoms with van der Waals surface area (Å²) in [5.41, 5.74) is 6.66. The van der Waals surface area contributed by atoms with Crippen LogP contribution in [0.25, 0.3) is 0 Å². The molecular weight excluding hydrogens is 238 g/mol. The lowest BCUT2D eigenvalue weighted by Crippen LogP contribution is -2.49. The van der Waals surface area contributed by atoms with E-state index in [0.29, 0.717) is 13.1 Å². The first-order valence-corrected chi connectivity index (χ1v) is 7.03. The van der Waals surface area contributed by atoms with Crippen LogP contribution in [0.2, 0.25) is 0 Å². The van der Waals surface area contributed by atoms with Crippen LogP contribution in [0.5, 0.6) is 0 Å². The molecule has 2 atom stereocenters. The van der Waals surface area contributed by atoms with Crippen molar-refractivity contribution < 1.29 is 4.79 Å². The number of nitrogens with zero attached hydrogens (tertiary/aromatic N) is 2. The Morgan fingerprint density at radius 1 is 1.58 bits per heavy atom. The molecule has 1 aliphatic carbocycles. The molecule has 1 aromatic heterocycles. The van der Waals surface area contributed by atoms with Crippen molar-refractivity contribution in [2.24, 2.45) is 11.1 Å². The van der Waals surface area contributed by atoms with Crippen molar-refractivity contribution in [1.82, 2.24) is 9.88 Å². The molecule has 4 nitrogen and oxygen atoms in total. The molecule has 1 fully saturated rings. The van der Waals surface area contributed by atoms with Crippen molar-refractivity contribution in [3.05, 3.63) is 30.1 Å². The normalized spacial score (nSPS) is 26.4. The standard InChI is InChI=1S/C15H23N3O/c1-3-18(11-12-7-4-5-10-17-12)14(19)15(2)9-6-8-13(15)16/h4-5,7,10,13H,3,6,8-9,11,16H2,1-2H3. The van der Waals surface area contributed by atoms with Crippen molar-refractivity contribution in [3.8, 4) is 0 Å². The summed E-state index contributed by atoms with van der Waals surface area (Å²) in [6, 6.07) is 5.77. The molecule has 0 radical (unpaired) electrons. The number of aromatic nitrogens is 1. The van der Waals surface area contributed by atoms with Gasteiger partial charge < -0.3 is 10.6 Å². The van der Waals surface area contributed by atoms with E-state index in [0.717, 1.165) is 25.0 Å². The number of amides is 1. The van der Waals surface area contributed by atoms with Gasteiger partial charge in [0.2, 0.25) is 5.91 Å². The topological polar surface area (TPSA) is 59.2 Å². The number of pyridine rings is 1. The third kappa shape index (κ3) is 2.78. The van der Waals surface area contributed by atoms with Crippen molar-refractivity contribution in [1.29, 1.82) is 0 Å². The fourth-order valence-electron chi connectivity index (χ4n) is 2.83. The average Bonchev–Trinajstić information content (AvgIpc) is 2.77. The van der Waals surface area contributed by atoms with Gasteiger partial charge in [-0.15, -0.1) is 0 Å². The van der Waals surface area contributed by atoms with Crippen LogP contribution < -0.4 is 5.73 Å². The second-order valence-electron chi connectivity index (χ2n) is 5.56. The number of rotatable bonds is 4. The van der Waals surface area contributed by atoms with Gasteiger partial charge in [-0.05, 0) is 38.8 Å². The molecule has 1 saturated carbocycles. The van der Waals surface area contributed by atoms with E-state index in [1.807, 2.05) is 36.9 Å². The van der Waals surface area contributed by atoms with E-state index in [9.17, 15) is 4.79 Å². The zero-order chi connectivity index (χ0) is 13.9. The minimum Gasteiger partial charge on any atom is -0.337 e. The fourth-order valence-corrected chi connectivity index (χ4v) is 2.83. The molecule has 2 N–H and O–H groups in total. The molecule has 0 aliphatic heterocycles. The van der Waals surface area contributed by atoms with Gasteiger partial charge in [-0.25, -0.2) is 0 Å². The van der Waals surface area contributed by atoms with Crippen molar-refractivity contribution >= 4 is 5.91 Å². The number of nitrogens with two attached hydrogens (primary N) is 1. The summed E-state index contributed by atoms with van der Waals surface area (Å²) in [6.07, 6.45) is 4.65. The highest BCUT2D eigenvalue weighted by molar-refractivity contribution is 5.83. The van der Waals surface area contributed by atoms with Crippen molar-refractivity contribution in [2.45, 2.75) is 45.7 Å². The van der Waals surface area contributed by atoms with Gasteiger partial charge in [0.15, 0.2) is 0 Å². The summed E-state index contributed by atoms with van der Waals surface area (Å²) >= 11 is 0. The lowest BCUT2D eigenvalue weighted by atomic mass is 9.83. The molecule has 19 heavy (non-hydrogen) atoms. The number of hydrogen-bond acceptors (Lipinski definition) is 3. The zero-order valence-electron chi connectivity index (χ0n) is 11.8. The molecule has 1 aliphatic rings. The molecule has 2 rings (SSSR count). The predicted octanol–water partition coefficient (Wildman–Crippen LogP) is 1.95. The molecule has 2 unspecified atom stereocenters. The van der Waals surface area contributed by atoms with Gasteiger partial charge in [-0.1, -0.05) is 12.5 Å². The third-order valence-corrected chi connectivity index (χ3v) is 4.27. The Morgan fingerprint density at radius 2 is 2.37 bits per heavy atom. The smallest absolute Gasteiger partial charge is 0.230 e. The fraction of sp³-hybridized carbons (Fsp3) is 0.600. The van der Waals surface area contributed by atoms with Gasteiger partial charge in [0.1, 0.15) is 0 Å². The quantitative estimate of drug-likeness (QED) is 0.901. The van der Waals surface area contributed by atoms with Gasteiger partial charge in [-0.2, -0.15) is 0 Å². The summed E-state index contributed by atoms with van der Waals surface area (Å²) in [5.74, 6) is 0.172. The highest BCUT2D eigenvalue weighted by Gasteiger charge is 2.44. The Kier molecular flexibility index (Phi) is 4.20. The van der Waals surface area contributed by atoms with E-state index in [1.54, 1.807) is 6.20 Å². The van der Waals surface area contributed by atoms with Crippen LogP contribution in [0.1, 0.15) is 38.8 Å². The second kappa shape index (κ2) is 5.70. The Morgan fingerprint density at radius 3 is 2.89 bits per heavy atom. The minimum absolute atomic E-state index is 0.0159. The highest BCUT2D eigenvalue weighted by Crippen LogP contribution is 2.38. The van der Waals surface area contributed by atoms with Gasteiger partial charge in [0.05, 0.1) is 17.7 Å². The molecule has 1 amide bonds. The first-order chi connectivity index (χ1) is 9.08. The van der Waals surface area contributed by atoms with Crippen LogP contribution in [-0.2, 0) is 11.3 Å². The van der Waals surface area contributed by atoms with E-state index in [2.05, 4.69) is 4.98 Å². The molecule has 0 bridgehead atoms. The molecule has 4 heteroatoms. The van der Waals surface area contributed by atoms with E-state index < -0.39 is 5.41 Å². The zero-order valence-corrected chi connectivity index (χ0v) is 11.8. The van der Waals surface area contributed by atoms with Crippen molar-refractivity contribution in [2.75, 3.05) is 6.54 Å². The minimum atomic E-state index is -0.398. The summed E-state index contributed by atoms with van der Waals surface area (Å²) in [6.45, 7) is 5.27. The van der Waals surface area contributed by atoms with Crippen molar-refractivity contribution in [3.63, 3.8) is 0 Å². The second-order valence-corrected chi connectivity index (χ2v) is 5.56. The Hall–Kier alpha value is -1.42. The van der Waals surface area contributed by atoms with E-state index >= 15 is 0 Å². The molecule has 0 saturated heterocycles. The van der Waals surface area contributed by atoms with Crippen LogP contribution in [0.15, 0.2) is 24.4 Å². The van der Waals surface area contributed by atoms with E-state index in [-0.39, 0.29) is 11.9 Å². The summed E-state index contributed by atoms with van der Waals surface area (Å²) in [5, 5.41) is 0. The number of carbonyl (C=O) groups is 1. The maximum atomic E-state index is 12.7. The van der Waals surface area contributed by atoms with Gasteiger partial charge in [0.25, 0.3) is 0 Å². The molecule has 1 aromatic rings. The van der Waals surface area contributed by atoms with Crippen LogP contribution in [0, 0.1) is 5.41 Å². The Labute approximate surface area is 115 Å². The Balaban J connectivity index is 2.11. The van der Waals surface area contributed by atoms with E-state index in [4.69, 9.17) is 5.73 Å². The molecule has 0 spiro atoms. The lowest BCUT2D eigenvalue weighted by Gasteiger charge is -2.33. The maximum Gasteiger partial charge on any atom is 0.230 e. The van der Waals surface area contributed by atoms with Gasteiger partial charge >= 0.3 is 0 Å². The monoisotopic (exact) mass is 261 g/mol. The van der Waals surface area contributed by atoms with Crippen LogP contribution in [-0.4, -0.2) is 28.4 Å². The number of carbonyl (C=O) groups excluding carboxylic acids is 1. The first kappa shape index (κ1) is 14.0. The third-order valence-electron chi connectivity index (χ3n) is 4.27. The van der Waals surface area contributed by atoms with Crippen LogP contribution >= 0.6 is 0 Å². The largest absolute Gasteiger partial charge is 0.337 e. The highest BCUT2D eigenvalue weighted by atomic mass is 16.2. The van der Waals surface area contributed by atoms with Crippen LogP contribution in [0.4, 0.5) is 0 Å². The predicted molar refractivity (Wildman–Crippen MR) is 75.3 cm³/mol. The van der Waals surface area contributed by atoms with Gasteiger partial charge in [0, 0.05) is 18.8 Å². The summed E-state index contributed by atoms with van der Waals surface area (Å²) in [7, 11) is 0. The maximum absolute atomic E-state index is 12.7. The number of hydrogen-bond donors (Lipinski definition) is 1. The van der Waals surface area contributed by atoms with Crippen LogP contribution in [0.3, 0.4) is 0 Å². The van der Waals surface area contributed by atoms with Gasteiger partial charge in [-0.3, -0.25) is 9.78 Å². The molecular formula is C15H23N3O. The summed E-state index contributed by atoms with van der Waals surface area (Å²) < 4.78 is 0. The first-order valence-electron chi connectivity index (χ1n) is 7.03. The SMILES string of the molecule is CCN(Cc1ccccn1)C(=O)C1(C)CCCC1N. The lowest BCUT2D eigenvalue weighted by molar-refractivity contribution is -0.142. The Bertz CT molecular complexity index is 434. The van der Waals surface area contributed by atoms with E-state index in [1.165, 1.54) is 0 Å². The molecule has 104 valence electrons.